The van der Waals surface area contributed by atoms with Gasteiger partial charge in [0.1, 0.15) is 5.82 Å². The number of likely N-dealkylation sites (tertiary alicyclic amines) is 1. The van der Waals surface area contributed by atoms with Gasteiger partial charge in [-0.1, -0.05) is 0 Å². The monoisotopic (exact) mass is 271 g/mol. The van der Waals surface area contributed by atoms with Crippen molar-refractivity contribution in [2.24, 2.45) is 0 Å². The lowest BCUT2D eigenvalue weighted by Crippen LogP contribution is -2.28. The second-order valence-corrected chi connectivity index (χ2v) is 5.02. The van der Waals surface area contributed by atoms with E-state index in [9.17, 15) is 4.79 Å². The molecule has 1 fully saturated rings. The maximum absolute atomic E-state index is 11.7. The third kappa shape index (κ3) is 2.17. The molecule has 2 aromatic rings. The van der Waals surface area contributed by atoms with Gasteiger partial charge in [0.25, 0.3) is 0 Å². The molecule has 6 nitrogen and oxygen atoms in total. The van der Waals surface area contributed by atoms with Crippen LogP contribution in [0.2, 0.25) is 0 Å². The molecular formula is C14H17N5O. The van der Waals surface area contributed by atoms with Crippen LogP contribution in [0.15, 0.2) is 24.8 Å². The minimum atomic E-state index is 0.0452. The fraction of sp³-hybridized carbons (Fsp3) is 0.429. The number of aromatic nitrogens is 4. The first-order valence-corrected chi connectivity index (χ1v) is 6.76. The Morgan fingerprint density at radius 3 is 2.95 bits per heavy atom. The van der Waals surface area contributed by atoms with Gasteiger partial charge in [-0.25, -0.2) is 9.97 Å². The van der Waals surface area contributed by atoms with Gasteiger partial charge in [0, 0.05) is 25.9 Å². The molecule has 1 aliphatic rings. The minimum absolute atomic E-state index is 0.0452. The van der Waals surface area contributed by atoms with Crippen LogP contribution in [0.3, 0.4) is 0 Å². The molecule has 0 N–H and O–H groups in total. The summed E-state index contributed by atoms with van der Waals surface area (Å²) in [4.78, 5) is 26.7. The highest BCUT2D eigenvalue weighted by Gasteiger charge is 2.29. The smallest absolute Gasteiger partial charge is 0.220 e. The molecule has 104 valence electrons. The van der Waals surface area contributed by atoms with E-state index in [1.165, 1.54) is 0 Å². The molecule has 0 aromatic carbocycles. The van der Waals surface area contributed by atoms with Crippen LogP contribution in [0.5, 0.6) is 0 Å². The van der Waals surface area contributed by atoms with E-state index in [0.717, 1.165) is 36.7 Å². The van der Waals surface area contributed by atoms with Crippen molar-refractivity contribution in [3.63, 3.8) is 0 Å². The van der Waals surface area contributed by atoms with Crippen molar-refractivity contribution in [3.8, 4) is 5.82 Å². The van der Waals surface area contributed by atoms with Crippen LogP contribution < -0.4 is 0 Å². The highest BCUT2D eigenvalue weighted by molar-refractivity contribution is 5.74. The van der Waals surface area contributed by atoms with Gasteiger partial charge in [-0.05, 0) is 19.8 Å². The third-order valence-corrected chi connectivity index (χ3v) is 3.71. The zero-order valence-corrected chi connectivity index (χ0v) is 11.7. The van der Waals surface area contributed by atoms with E-state index in [2.05, 4.69) is 15.0 Å². The first kappa shape index (κ1) is 12.8. The first-order chi connectivity index (χ1) is 9.66. The Kier molecular flexibility index (Phi) is 3.22. The van der Waals surface area contributed by atoms with Crippen LogP contribution >= 0.6 is 0 Å². The van der Waals surface area contributed by atoms with Gasteiger partial charge in [0.05, 0.1) is 24.1 Å². The van der Waals surface area contributed by atoms with Crippen LogP contribution in [0, 0.1) is 6.92 Å². The number of hydrogen-bond acceptors (Lipinski definition) is 4. The number of nitrogens with zero attached hydrogens (tertiary/aromatic N) is 5. The summed E-state index contributed by atoms with van der Waals surface area (Å²) in [6, 6.07) is 0.0452. The number of hydrogen-bond donors (Lipinski definition) is 0. The van der Waals surface area contributed by atoms with Gasteiger partial charge in [-0.2, -0.15) is 0 Å². The van der Waals surface area contributed by atoms with Gasteiger partial charge in [-0.15, -0.1) is 0 Å². The largest absolute Gasteiger partial charge is 0.334 e. The summed E-state index contributed by atoms with van der Waals surface area (Å²) in [5.41, 5.74) is 0.850. The first-order valence-electron chi connectivity index (χ1n) is 6.76. The van der Waals surface area contributed by atoms with Crippen molar-refractivity contribution in [1.82, 2.24) is 24.4 Å². The van der Waals surface area contributed by atoms with Crippen LogP contribution in [0.1, 0.15) is 37.3 Å². The quantitative estimate of drug-likeness (QED) is 0.833. The predicted octanol–water partition coefficient (Wildman–Crippen LogP) is 1.65. The van der Waals surface area contributed by atoms with Gasteiger partial charge in [0.15, 0.2) is 5.82 Å². The van der Waals surface area contributed by atoms with E-state index in [-0.39, 0.29) is 11.9 Å². The van der Waals surface area contributed by atoms with Crippen molar-refractivity contribution < 1.29 is 4.79 Å². The van der Waals surface area contributed by atoms with Gasteiger partial charge in [0.2, 0.25) is 5.91 Å². The molecule has 1 atom stereocenters. The van der Waals surface area contributed by atoms with Crippen molar-refractivity contribution in [1.29, 1.82) is 0 Å². The fourth-order valence-corrected chi connectivity index (χ4v) is 2.72. The molecule has 0 spiro atoms. The second-order valence-electron chi connectivity index (χ2n) is 5.02. The summed E-state index contributed by atoms with van der Waals surface area (Å²) < 4.78 is 1.89. The average molecular weight is 271 g/mol. The van der Waals surface area contributed by atoms with E-state index in [1.54, 1.807) is 25.5 Å². The zero-order valence-electron chi connectivity index (χ0n) is 11.7. The van der Waals surface area contributed by atoms with E-state index < -0.39 is 0 Å². The van der Waals surface area contributed by atoms with Gasteiger partial charge in [-0.3, -0.25) is 14.3 Å². The van der Waals surface area contributed by atoms with Crippen molar-refractivity contribution >= 4 is 5.91 Å². The zero-order chi connectivity index (χ0) is 14.1. The maximum atomic E-state index is 11.7. The Balaban J connectivity index is 1.96. The van der Waals surface area contributed by atoms with E-state index in [1.807, 2.05) is 22.6 Å². The normalized spacial score (nSPS) is 18.5. The number of amides is 1. The van der Waals surface area contributed by atoms with Crippen molar-refractivity contribution in [2.75, 3.05) is 6.54 Å². The summed E-state index contributed by atoms with van der Waals surface area (Å²) in [6.45, 7) is 4.33. The number of carbonyl (C=O) groups is 1. The summed E-state index contributed by atoms with van der Waals surface area (Å²) in [5, 5.41) is 0. The molecule has 1 aliphatic heterocycles. The summed E-state index contributed by atoms with van der Waals surface area (Å²) in [5.74, 6) is 1.71. The number of carbonyl (C=O) groups excluding carboxylic acids is 1. The Morgan fingerprint density at radius 1 is 1.40 bits per heavy atom. The highest BCUT2D eigenvalue weighted by atomic mass is 16.2. The predicted molar refractivity (Wildman–Crippen MR) is 73.3 cm³/mol. The van der Waals surface area contributed by atoms with Crippen molar-refractivity contribution in [2.45, 2.75) is 32.7 Å². The second kappa shape index (κ2) is 5.03. The molecule has 3 rings (SSSR count). The van der Waals surface area contributed by atoms with E-state index in [0.29, 0.717) is 0 Å². The van der Waals surface area contributed by atoms with Crippen LogP contribution in [-0.4, -0.2) is 36.9 Å². The number of rotatable bonds is 2. The van der Waals surface area contributed by atoms with Gasteiger partial charge >= 0.3 is 0 Å². The molecule has 2 aromatic heterocycles. The maximum Gasteiger partial charge on any atom is 0.220 e. The number of imidazole rings is 1. The Morgan fingerprint density at radius 2 is 2.25 bits per heavy atom. The molecule has 1 saturated heterocycles. The van der Waals surface area contributed by atoms with E-state index in [4.69, 9.17) is 0 Å². The molecule has 0 aliphatic carbocycles. The molecule has 0 unspecified atom stereocenters. The van der Waals surface area contributed by atoms with Crippen molar-refractivity contribution in [3.05, 3.63) is 36.3 Å². The van der Waals surface area contributed by atoms with Crippen LogP contribution in [0.4, 0.5) is 0 Å². The molecule has 0 bridgehead atoms. The molecule has 6 heteroatoms. The van der Waals surface area contributed by atoms with Gasteiger partial charge < -0.3 is 4.90 Å². The van der Waals surface area contributed by atoms with E-state index >= 15 is 0 Å². The highest BCUT2D eigenvalue weighted by Crippen LogP contribution is 2.30. The molecular weight excluding hydrogens is 254 g/mol. The Hall–Kier alpha value is -2.24. The SMILES string of the molecule is CC(=O)N1CCC[C@H]1c1cncc(-n2ccnc2C)n1. The van der Waals surface area contributed by atoms with Crippen LogP contribution in [-0.2, 0) is 4.79 Å². The molecule has 0 saturated carbocycles. The lowest BCUT2D eigenvalue weighted by molar-refractivity contribution is -0.129. The lowest BCUT2D eigenvalue weighted by atomic mass is 10.1. The minimum Gasteiger partial charge on any atom is -0.334 e. The Labute approximate surface area is 117 Å². The topological polar surface area (TPSA) is 63.9 Å². The fourth-order valence-electron chi connectivity index (χ4n) is 2.72. The molecule has 0 radical (unpaired) electrons. The summed E-state index contributed by atoms with van der Waals surface area (Å²) in [6.07, 6.45) is 9.02. The number of aryl methyl sites for hydroxylation is 1. The summed E-state index contributed by atoms with van der Waals surface area (Å²) >= 11 is 0. The lowest BCUT2D eigenvalue weighted by Gasteiger charge is -2.22. The van der Waals surface area contributed by atoms with Crippen LogP contribution in [0.25, 0.3) is 5.82 Å². The standard InChI is InChI=1S/C14H17N5O/c1-10-16-5-7-18(10)14-9-15-8-12(17-14)13-4-3-6-19(13)11(2)20/h5,7-9,13H,3-4,6H2,1-2H3/t13-/m0/s1. The summed E-state index contributed by atoms with van der Waals surface area (Å²) in [7, 11) is 0. The average Bonchev–Trinajstić information content (AvgIpc) is 3.07. The Bertz CT molecular complexity index is 636. The molecule has 3 heterocycles. The molecule has 20 heavy (non-hydrogen) atoms. The molecule has 1 amide bonds. The third-order valence-electron chi connectivity index (χ3n) is 3.71.